The second-order valence-corrected chi connectivity index (χ2v) is 6.75. The van der Waals surface area contributed by atoms with Gasteiger partial charge in [0, 0.05) is 5.56 Å². The molecule has 0 saturated heterocycles. The zero-order valence-corrected chi connectivity index (χ0v) is 14.6. The number of hydrogen-bond acceptors (Lipinski definition) is 4. The summed E-state index contributed by atoms with van der Waals surface area (Å²) in [7, 11) is 0. The molecule has 0 aliphatic heterocycles. The Kier molecular flexibility index (Phi) is 4.46. The highest BCUT2D eigenvalue weighted by molar-refractivity contribution is 5.85. The van der Waals surface area contributed by atoms with Crippen LogP contribution in [0.5, 0.6) is 0 Å². The number of nitrogens with one attached hydrogen (secondary N) is 2. The van der Waals surface area contributed by atoms with Gasteiger partial charge in [-0.25, -0.2) is 14.2 Å². The van der Waals surface area contributed by atoms with Gasteiger partial charge >= 0.3 is 6.09 Å². The van der Waals surface area contributed by atoms with Crippen molar-refractivity contribution in [3.05, 3.63) is 58.6 Å². The van der Waals surface area contributed by atoms with Crippen molar-refractivity contribution < 1.29 is 13.9 Å². The van der Waals surface area contributed by atoms with Gasteiger partial charge in [0.25, 0.3) is 5.56 Å². The smallest absolute Gasteiger partial charge is 0.412 e. The Morgan fingerprint density at radius 1 is 1.19 bits per heavy atom. The minimum atomic E-state index is -0.749. The fraction of sp³-hybridized carbons (Fsp3) is 0.211. The molecule has 0 unspecified atom stereocenters. The van der Waals surface area contributed by atoms with Crippen LogP contribution in [0, 0.1) is 5.82 Å². The number of amides is 1. The van der Waals surface area contributed by atoms with Gasteiger partial charge in [-0.1, -0.05) is 12.1 Å². The zero-order valence-electron chi connectivity index (χ0n) is 14.6. The van der Waals surface area contributed by atoms with E-state index in [2.05, 4.69) is 15.3 Å². The molecular weight excluding hydrogens is 337 g/mol. The first-order chi connectivity index (χ1) is 12.2. The molecule has 1 amide bonds. The van der Waals surface area contributed by atoms with Crippen LogP contribution in [0.1, 0.15) is 20.8 Å². The summed E-state index contributed by atoms with van der Waals surface area (Å²) in [5.41, 5.74) is -0.106. The van der Waals surface area contributed by atoms with Crippen molar-refractivity contribution in [2.45, 2.75) is 26.4 Å². The van der Waals surface area contributed by atoms with Crippen molar-refractivity contribution >= 4 is 22.7 Å². The average Bonchev–Trinajstić information content (AvgIpc) is 2.55. The van der Waals surface area contributed by atoms with Gasteiger partial charge in [-0.05, 0) is 51.1 Å². The molecule has 0 spiro atoms. The van der Waals surface area contributed by atoms with Crippen molar-refractivity contribution in [3.63, 3.8) is 0 Å². The van der Waals surface area contributed by atoms with Crippen molar-refractivity contribution in [3.8, 4) is 11.4 Å². The van der Waals surface area contributed by atoms with E-state index in [9.17, 15) is 14.0 Å². The molecular formula is C19H18FN3O3. The summed E-state index contributed by atoms with van der Waals surface area (Å²) in [6.45, 7) is 5.15. The number of aromatic nitrogens is 2. The first kappa shape index (κ1) is 17.6. The number of carbonyl (C=O) groups excluding carboxylic acids is 1. The molecule has 0 fully saturated rings. The minimum Gasteiger partial charge on any atom is -0.444 e. The summed E-state index contributed by atoms with van der Waals surface area (Å²) >= 11 is 0. The van der Waals surface area contributed by atoms with Crippen LogP contribution in [0.3, 0.4) is 0 Å². The second kappa shape index (κ2) is 6.59. The van der Waals surface area contributed by atoms with E-state index in [4.69, 9.17) is 4.74 Å². The molecule has 26 heavy (non-hydrogen) atoms. The van der Waals surface area contributed by atoms with Gasteiger partial charge in [0.1, 0.15) is 17.2 Å². The van der Waals surface area contributed by atoms with Crippen LogP contribution in [0.25, 0.3) is 22.3 Å². The van der Waals surface area contributed by atoms with E-state index in [0.717, 1.165) is 0 Å². The number of aromatic amines is 1. The molecule has 134 valence electrons. The third-order valence-corrected chi connectivity index (χ3v) is 3.49. The fourth-order valence-electron chi connectivity index (χ4n) is 2.40. The van der Waals surface area contributed by atoms with Crippen molar-refractivity contribution in [2.75, 3.05) is 5.32 Å². The van der Waals surface area contributed by atoms with E-state index in [1.807, 2.05) is 0 Å². The number of para-hydroxylation sites is 1. The normalized spacial score (nSPS) is 11.4. The van der Waals surface area contributed by atoms with E-state index in [0.29, 0.717) is 16.5 Å². The quantitative estimate of drug-likeness (QED) is 0.725. The number of H-pyrrole nitrogens is 1. The van der Waals surface area contributed by atoms with E-state index in [1.165, 1.54) is 12.1 Å². The minimum absolute atomic E-state index is 0.0221. The Bertz CT molecular complexity index is 1040. The Morgan fingerprint density at radius 2 is 1.92 bits per heavy atom. The molecule has 2 aromatic carbocycles. The summed E-state index contributed by atoms with van der Waals surface area (Å²) < 4.78 is 19.5. The van der Waals surface area contributed by atoms with Gasteiger partial charge in [-0.3, -0.25) is 10.1 Å². The van der Waals surface area contributed by atoms with Gasteiger partial charge in [0.2, 0.25) is 0 Å². The van der Waals surface area contributed by atoms with Crippen molar-refractivity contribution in [1.82, 2.24) is 9.97 Å². The molecule has 0 bridgehead atoms. The number of benzene rings is 2. The molecule has 0 saturated carbocycles. The lowest BCUT2D eigenvalue weighted by Crippen LogP contribution is -2.27. The second-order valence-electron chi connectivity index (χ2n) is 6.75. The molecule has 1 heterocycles. The number of anilines is 1. The third-order valence-electron chi connectivity index (χ3n) is 3.49. The summed E-state index contributed by atoms with van der Waals surface area (Å²) in [6.07, 6.45) is -0.749. The lowest BCUT2D eigenvalue weighted by molar-refractivity contribution is 0.0635. The highest BCUT2D eigenvalue weighted by Gasteiger charge is 2.18. The lowest BCUT2D eigenvalue weighted by Gasteiger charge is -2.19. The van der Waals surface area contributed by atoms with E-state index >= 15 is 0 Å². The fourth-order valence-corrected chi connectivity index (χ4v) is 2.40. The number of rotatable bonds is 2. The maximum absolute atomic E-state index is 14.4. The van der Waals surface area contributed by atoms with Gasteiger partial charge in [-0.15, -0.1) is 0 Å². The Morgan fingerprint density at radius 3 is 2.62 bits per heavy atom. The average molecular weight is 355 g/mol. The number of ether oxygens (including phenoxy) is 1. The van der Waals surface area contributed by atoms with E-state index in [-0.39, 0.29) is 17.1 Å². The number of fused-ring (bicyclic) bond motifs is 1. The maximum Gasteiger partial charge on any atom is 0.412 e. The Balaban J connectivity index is 1.90. The largest absolute Gasteiger partial charge is 0.444 e. The van der Waals surface area contributed by atoms with Crippen molar-refractivity contribution in [1.29, 1.82) is 0 Å². The standard InChI is InChI=1S/C19H18FN3O3/c1-19(2,3)26-18(25)22-15-9-8-11(10-13(15)20)16-21-14-7-5-4-6-12(14)17(24)23-16/h4-10H,1-3H3,(H,22,25)(H,21,23,24). The molecule has 2 N–H and O–H groups in total. The molecule has 6 nitrogen and oxygen atoms in total. The molecule has 0 radical (unpaired) electrons. The van der Waals surface area contributed by atoms with Gasteiger partial charge in [0.05, 0.1) is 16.6 Å². The first-order valence-electron chi connectivity index (χ1n) is 8.02. The maximum atomic E-state index is 14.4. The number of carbonyl (C=O) groups is 1. The number of nitrogens with zero attached hydrogens (tertiary/aromatic N) is 1. The predicted molar refractivity (Wildman–Crippen MR) is 97.6 cm³/mol. The first-order valence-corrected chi connectivity index (χ1v) is 8.02. The lowest BCUT2D eigenvalue weighted by atomic mass is 10.1. The van der Waals surface area contributed by atoms with Crippen LogP contribution in [-0.4, -0.2) is 21.7 Å². The van der Waals surface area contributed by atoms with Gasteiger partial charge in [0.15, 0.2) is 0 Å². The predicted octanol–water partition coefficient (Wildman–Crippen LogP) is 4.08. The monoisotopic (exact) mass is 355 g/mol. The topological polar surface area (TPSA) is 84.1 Å². The van der Waals surface area contributed by atoms with Crippen LogP contribution in [0.15, 0.2) is 47.3 Å². The molecule has 3 aromatic rings. The Hall–Kier alpha value is -3.22. The van der Waals surface area contributed by atoms with Crippen LogP contribution < -0.4 is 10.9 Å². The third kappa shape index (κ3) is 3.88. The molecule has 0 aliphatic carbocycles. The van der Waals surface area contributed by atoms with Gasteiger partial charge < -0.3 is 9.72 Å². The SMILES string of the molecule is CC(C)(C)OC(=O)Nc1ccc(-c2nc3ccccc3c(=O)[nH]2)cc1F. The van der Waals surface area contributed by atoms with Crippen molar-refractivity contribution in [2.24, 2.45) is 0 Å². The van der Waals surface area contributed by atoms with Crippen LogP contribution in [-0.2, 0) is 4.74 Å². The summed E-state index contributed by atoms with van der Waals surface area (Å²) in [4.78, 5) is 30.9. The van der Waals surface area contributed by atoms with E-state index in [1.54, 1.807) is 51.1 Å². The van der Waals surface area contributed by atoms with Crippen LogP contribution >= 0.6 is 0 Å². The molecule has 1 aromatic heterocycles. The highest BCUT2D eigenvalue weighted by atomic mass is 19.1. The van der Waals surface area contributed by atoms with Crippen LogP contribution in [0.4, 0.5) is 14.9 Å². The molecule has 7 heteroatoms. The molecule has 3 rings (SSSR count). The zero-order chi connectivity index (χ0) is 18.9. The number of hydrogen-bond donors (Lipinski definition) is 2. The Labute approximate surface area is 149 Å². The van der Waals surface area contributed by atoms with E-state index < -0.39 is 17.5 Å². The highest BCUT2D eigenvalue weighted by Crippen LogP contribution is 2.23. The van der Waals surface area contributed by atoms with Crippen LogP contribution in [0.2, 0.25) is 0 Å². The van der Waals surface area contributed by atoms with Gasteiger partial charge in [-0.2, -0.15) is 0 Å². The number of halogens is 1. The summed E-state index contributed by atoms with van der Waals surface area (Å²) in [5, 5.41) is 2.82. The molecule has 0 atom stereocenters. The summed E-state index contributed by atoms with van der Waals surface area (Å²) in [6, 6.07) is 11.0. The summed E-state index contributed by atoms with van der Waals surface area (Å²) in [5.74, 6) is -0.416. The molecule has 0 aliphatic rings.